The number of rotatable bonds is 7. The molecule has 1 aliphatic carbocycles. The number of carbonyl (C=O) groups excluding carboxylic acids is 2. The van der Waals surface area contributed by atoms with E-state index in [0.717, 1.165) is 5.56 Å². The lowest BCUT2D eigenvalue weighted by atomic mass is 9.71. The van der Waals surface area contributed by atoms with Crippen LogP contribution in [0.1, 0.15) is 38.3 Å². The van der Waals surface area contributed by atoms with E-state index in [1.807, 2.05) is 37.3 Å². The van der Waals surface area contributed by atoms with Gasteiger partial charge in [-0.2, -0.15) is 0 Å². The highest BCUT2D eigenvalue weighted by Gasteiger charge is 2.40. The maximum Gasteiger partial charge on any atom is 0.311 e. The van der Waals surface area contributed by atoms with Crippen LogP contribution >= 0.6 is 0 Å². The Kier molecular flexibility index (Phi) is 7.47. The second kappa shape index (κ2) is 10.7. The predicted octanol–water partition coefficient (Wildman–Crippen LogP) is 5.41. The third kappa shape index (κ3) is 5.74. The Hall–Kier alpha value is -4.34. The molecule has 0 radical (unpaired) electrons. The summed E-state index contributed by atoms with van der Waals surface area (Å²) in [5.74, 6) is -0.118. The molecule has 1 aliphatic rings. The minimum absolute atomic E-state index is 0.101. The van der Waals surface area contributed by atoms with Crippen molar-refractivity contribution in [3.63, 3.8) is 0 Å². The standard InChI is InChI=1S/C27H29N5O5/c1-17-20(29-24-22(32(35)36)11-9-21(30-24)18-7-5-4-6-8-18)10-12-23(28-17)31-25(33)19-13-15-27(2,16-14-19)26(34)37-3/h4-12,19H,13-16H2,1-3H3,(H,29,30)(H,28,31,33). The molecule has 3 aromatic rings. The molecule has 0 bridgehead atoms. The van der Waals surface area contributed by atoms with E-state index in [-0.39, 0.29) is 29.3 Å². The summed E-state index contributed by atoms with van der Waals surface area (Å²) >= 11 is 0. The summed E-state index contributed by atoms with van der Waals surface area (Å²) in [5, 5.41) is 17.5. The van der Waals surface area contributed by atoms with Crippen LogP contribution in [0.3, 0.4) is 0 Å². The summed E-state index contributed by atoms with van der Waals surface area (Å²) in [6, 6.07) is 15.8. The normalized spacial score (nSPS) is 19.1. The highest BCUT2D eigenvalue weighted by molar-refractivity contribution is 5.92. The van der Waals surface area contributed by atoms with E-state index >= 15 is 0 Å². The molecule has 1 saturated carbocycles. The summed E-state index contributed by atoms with van der Waals surface area (Å²) in [7, 11) is 1.38. The number of nitro groups is 1. The fourth-order valence-electron chi connectivity index (χ4n) is 4.55. The molecule has 0 atom stereocenters. The molecule has 1 fully saturated rings. The number of benzene rings is 1. The number of methoxy groups -OCH3 is 1. The van der Waals surface area contributed by atoms with Crippen LogP contribution in [0.15, 0.2) is 54.6 Å². The van der Waals surface area contributed by atoms with Gasteiger partial charge in [0.2, 0.25) is 11.7 Å². The van der Waals surface area contributed by atoms with Crippen molar-refractivity contribution < 1.29 is 19.2 Å². The minimum atomic E-state index is -0.553. The van der Waals surface area contributed by atoms with Gasteiger partial charge >= 0.3 is 11.7 Å². The zero-order chi connectivity index (χ0) is 26.6. The molecule has 10 heteroatoms. The van der Waals surface area contributed by atoms with Crippen molar-refractivity contribution in [2.75, 3.05) is 17.7 Å². The van der Waals surface area contributed by atoms with E-state index in [0.29, 0.717) is 48.6 Å². The van der Waals surface area contributed by atoms with Crippen LogP contribution in [-0.4, -0.2) is 33.9 Å². The number of nitrogens with zero attached hydrogens (tertiary/aromatic N) is 3. The molecule has 192 valence electrons. The number of esters is 1. The van der Waals surface area contributed by atoms with Gasteiger partial charge in [-0.05, 0) is 57.7 Å². The second-order valence-electron chi connectivity index (χ2n) is 9.46. The van der Waals surface area contributed by atoms with Crippen molar-refractivity contribution in [1.29, 1.82) is 0 Å². The number of anilines is 3. The fourth-order valence-corrected chi connectivity index (χ4v) is 4.55. The molecule has 37 heavy (non-hydrogen) atoms. The van der Waals surface area contributed by atoms with Gasteiger partial charge in [0.1, 0.15) is 5.82 Å². The SMILES string of the molecule is COC(=O)C1(C)CCC(C(=O)Nc2ccc(Nc3nc(-c4ccccc4)ccc3[N+](=O)[O-])c(C)n2)CC1. The number of hydrogen-bond donors (Lipinski definition) is 2. The van der Waals surface area contributed by atoms with Crippen molar-refractivity contribution in [3.8, 4) is 11.3 Å². The number of hydrogen-bond acceptors (Lipinski definition) is 8. The van der Waals surface area contributed by atoms with Gasteiger partial charge in [-0.3, -0.25) is 19.7 Å². The van der Waals surface area contributed by atoms with Gasteiger partial charge in [0, 0.05) is 17.5 Å². The molecule has 2 N–H and O–H groups in total. The number of pyridine rings is 2. The molecule has 0 saturated heterocycles. The lowest BCUT2D eigenvalue weighted by Gasteiger charge is -2.34. The number of nitrogens with one attached hydrogen (secondary N) is 2. The van der Waals surface area contributed by atoms with Crippen LogP contribution in [0.4, 0.5) is 23.0 Å². The molecule has 0 unspecified atom stereocenters. The Morgan fingerprint density at radius 1 is 1.05 bits per heavy atom. The average molecular weight is 504 g/mol. The van der Waals surface area contributed by atoms with Crippen LogP contribution in [-0.2, 0) is 14.3 Å². The highest BCUT2D eigenvalue weighted by Crippen LogP contribution is 2.40. The Balaban J connectivity index is 1.47. The quantitative estimate of drug-likeness (QED) is 0.248. The van der Waals surface area contributed by atoms with Gasteiger partial charge < -0.3 is 15.4 Å². The lowest BCUT2D eigenvalue weighted by Crippen LogP contribution is -2.37. The van der Waals surface area contributed by atoms with E-state index in [1.54, 1.807) is 25.1 Å². The summed E-state index contributed by atoms with van der Waals surface area (Å²) < 4.78 is 4.90. The predicted molar refractivity (Wildman–Crippen MR) is 139 cm³/mol. The van der Waals surface area contributed by atoms with Crippen LogP contribution in [0.2, 0.25) is 0 Å². The van der Waals surface area contributed by atoms with Gasteiger partial charge in [0.15, 0.2) is 0 Å². The topological polar surface area (TPSA) is 136 Å². The summed E-state index contributed by atoms with van der Waals surface area (Å²) in [6.07, 6.45) is 2.34. The molecular formula is C27H29N5O5. The average Bonchev–Trinajstić information content (AvgIpc) is 2.90. The molecule has 4 rings (SSSR count). The van der Waals surface area contributed by atoms with E-state index < -0.39 is 10.3 Å². The number of aromatic nitrogens is 2. The number of amides is 1. The molecule has 10 nitrogen and oxygen atoms in total. The smallest absolute Gasteiger partial charge is 0.311 e. The van der Waals surface area contributed by atoms with Gasteiger partial charge in [0.25, 0.3) is 0 Å². The highest BCUT2D eigenvalue weighted by atomic mass is 16.6. The summed E-state index contributed by atoms with van der Waals surface area (Å²) in [4.78, 5) is 44.9. The maximum absolute atomic E-state index is 12.8. The van der Waals surface area contributed by atoms with Crippen molar-refractivity contribution in [1.82, 2.24) is 9.97 Å². The number of ether oxygens (including phenoxy) is 1. The minimum Gasteiger partial charge on any atom is -0.469 e. The fraction of sp³-hybridized carbons (Fsp3) is 0.333. The molecule has 2 heterocycles. The van der Waals surface area contributed by atoms with Gasteiger partial charge in [0.05, 0.1) is 34.5 Å². The van der Waals surface area contributed by atoms with Crippen LogP contribution in [0.25, 0.3) is 11.3 Å². The van der Waals surface area contributed by atoms with Crippen molar-refractivity contribution in [2.24, 2.45) is 11.3 Å². The first kappa shape index (κ1) is 25.7. The van der Waals surface area contributed by atoms with Crippen LogP contribution in [0.5, 0.6) is 0 Å². The maximum atomic E-state index is 12.8. The summed E-state index contributed by atoms with van der Waals surface area (Å²) in [6.45, 7) is 3.62. The van der Waals surface area contributed by atoms with Gasteiger partial charge in [-0.1, -0.05) is 30.3 Å². The summed E-state index contributed by atoms with van der Waals surface area (Å²) in [5.41, 5.74) is 1.79. The van der Waals surface area contributed by atoms with Crippen molar-refractivity contribution >= 4 is 34.9 Å². The van der Waals surface area contributed by atoms with E-state index in [2.05, 4.69) is 20.6 Å². The van der Waals surface area contributed by atoms with Gasteiger partial charge in [-0.25, -0.2) is 9.97 Å². The largest absolute Gasteiger partial charge is 0.469 e. The Bertz CT molecular complexity index is 1320. The second-order valence-corrected chi connectivity index (χ2v) is 9.46. The first-order valence-corrected chi connectivity index (χ1v) is 12.0. The first-order chi connectivity index (χ1) is 17.7. The third-order valence-corrected chi connectivity index (χ3v) is 6.87. The third-order valence-electron chi connectivity index (χ3n) is 6.87. The first-order valence-electron chi connectivity index (χ1n) is 12.0. The van der Waals surface area contributed by atoms with Crippen LogP contribution < -0.4 is 10.6 Å². The van der Waals surface area contributed by atoms with E-state index in [9.17, 15) is 19.7 Å². The zero-order valence-corrected chi connectivity index (χ0v) is 21.0. The van der Waals surface area contributed by atoms with E-state index in [4.69, 9.17) is 4.74 Å². The van der Waals surface area contributed by atoms with Crippen LogP contribution in [0, 0.1) is 28.4 Å². The molecule has 2 aromatic heterocycles. The van der Waals surface area contributed by atoms with Crippen molar-refractivity contribution in [2.45, 2.75) is 39.5 Å². The molecule has 0 aliphatic heterocycles. The number of carbonyl (C=O) groups is 2. The zero-order valence-electron chi connectivity index (χ0n) is 21.0. The monoisotopic (exact) mass is 503 g/mol. The lowest BCUT2D eigenvalue weighted by molar-refractivity contribution is -0.384. The molecule has 1 aromatic carbocycles. The Labute approximate surface area is 214 Å². The molecule has 0 spiro atoms. The Morgan fingerprint density at radius 2 is 1.76 bits per heavy atom. The Morgan fingerprint density at radius 3 is 2.38 bits per heavy atom. The van der Waals surface area contributed by atoms with E-state index in [1.165, 1.54) is 13.2 Å². The number of aryl methyl sites for hydroxylation is 1. The van der Waals surface area contributed by atoms with Gasteiger partial charge in [-0.15, -0.1) is 0 Å². The van der Waals surface area contributed by atoms with Crippen molar-refractivity contribution in [3.05, 3.63) is 70.4 Å². The molecular weight excluding hydrogens is 474 g/mol. The molecule has 1 amide bonds.